The van der Waals surface area contributed by atoms with Crippen molar-refractivity contribution in [3.8, 4) is 11.1 Å². The van der Waals surface area contributed by atoms with Gasteiger partial charge in [-0.2, -0.15) is 0 Å². The lowest BCUT2D eigenvalue weighted by Gasteiger charge is -2.31. The van der Waals surface area contributed by atoms with E-state index in [1.54, 1.807) is 30.4 Å². The van der Waals surface area contributed by atoms with Gasteiger partial charge in [0, 0.05) is 50.7 Å². The van der Waals surface area contributed by atoms with Crippen molar-refractivity contribution < 1.29 is 13.9 Å². The van der Waals surface area contributed by atoms with Crippen LogP contribution in [0.5, 0.6) is 0 Å². The SMILES string of the molecule is Cc1c(-c2cc(Nc3ccc(N4CCOCC4)cn3)c(=O)n(C)c2)cc(F)cc1N1CCn2c(cc3c2CCCC3)C1=O. The topological polar surface area (TPSA) is 84.6 Å². The molecule has 7 rings (SSSR count). The monoisotopic (exact) mass is 582 g/mol. The average Bonchev–Trinajstić information content (AvgIpc) is 3.41. The Kier molecular flexibility index (Phi) is 7.01. The maximum absolute atomic E-state index is 15.2. The summed E-state index contributed by atoms with van der Waals surface area (Å²) in [5.41, 5.74) is 6.94. The molecule has 10 heteroatoms. The van der Waals surface area contributed by atoms with E-state index in [0.29, 0.717) is 60.3 Å². The van der Waals surface area contributed by atoms with Crippen molar-refractivity contribution in [3.63, 3.8) is 0 Å². The van der Waals surface area contributed by atoms with Gasteiger partial charge in [-0.25, -0.2) is 9.37 Å². The van der Waals surface area contributed by atoms with Crippen LogP contribution < -0.4 is 20.7 Å². The maximum Gasteiger partial charge on any atom is 0.274 e. The van der Waals surface area contributed by atoms with Gasteiger partial charge < -0.3 is 29.0 Å². The van der Waals surface area contributed by atoms with Crippen LogP contribution in [-0.2, 0) is 31.2 Å². The van der Waals surface area contributed by atoms with E-state index < -0.39 is 5.82 Å². The van der Waals surface area contributed by atoms with E-state index in [1.807, 2.05) is 25.1 Å². The number of hydrogen-bond acceptors (Lipinski definition) is 6. The number of morpholine rings is 1. The van der Waals surface area contributed by atoms with Crippen LogP contribution in [0, 0.1) is 12.7 Å². The minimum absolute atomic E-state index is 0.102. The van der Waals surface area contributed by atoms with Crippen molar-refractivity contribution in [2.24, 2.45) is 7.05 Å². The summed E-state index contributed by atoms with van der Waals surface area (Å²) >= 11 is 0. The first-order chi connectivity index (χ1) is 20.9. The van der Waals surface area contributed by atoms with Gasteiger partial charge in [0.2, 0.25) is 0 Å². The molecule has 222 valence electrons. The molecule has 1 N–H and O–H groups in total. The normalized spacial score (nSPS) is 16.7. The summed E-state index contributed by atoms with van der Waals surface area (Å²) in [6, 6.07) is 10.5. The van der Waals surface area contributed by atoms with Gasteiger partial charge in [-0.05, 0) is 85.7 Å². The number of carbonyl (C=O) groups excluding carboxylic acids is 1. The Hall–Kier alpha value is -4.44. The second-order valence-electron chi connectivity index (χ2n) is 11.6. The molecule has 0 bridgehead atoms. The highest BCUT2D eigenvalue weighted by atomic mass is 19.1. The maximum atomic E-state index is 15.2. The van der Waals surface area contributed by atoms with Gasteiger partial charge in [0.25, 0.3) is 11.5 Å². The number of amides is 1. The fourth-order valence-electron chi connectivity index (χ4n) is 6.67. The predicted molar refractivity (Wildman–Crippen MR) is 165 cm³/mol. The lowest BCUT2D eigenvalue weighted by molar-refractivity contribution is 0.0964. The zero-order valence-corrected chi connectivity index (χ0v) is 24.5. The zero-order valence-electron chi connectivity index (χ0n) is 24.5. The minimum atomic E-state index is -0.438. The molecule has 4 aromatic rings. The molecule has 2 aliphatic heterocycles. The molecule has 1 saturated heterocycles. The third-order valence-corrected chi connectivity index (χ3v) is 8.94. The van der Waals surface area contributed by atoms with E-state index >= 15 is 4.39 Å². The summed E-state index contributed by atoms with van der Waals surface area (Å²) in [6.45, 7) is 6.06. The molecule has 1 amide bonds. The van der Waals surface area contributed by atoms with Gasteiger partial charge in [-0.3, -0.25) is 9.59 Å². The Morgan fingerprint density at radius 2 is 1.79 bits per heavy atom. The number of ether oxygens (including phenoxy) is 1. The van der Waals surface area contributed by atoms with E-state index in [4.69, 9.17) is 4.74 Å². The number of halogens is 1. The molecule has 9 nitrogen and oxygen atoms in total. The van der Waals surface area contributed by atoms with Crippen molar-refractivity contribution in [3.05, 3.63) is 87.5 Å². The average molecular weight is 583 g/mol. The molecule has 0 saturated carbocycles. The minimum Gasteiger partial charge on any atom is -0.378 e. The van der Waals surface area contributed by atoms with Gasteiger partial charge in [0.1, 0.15) is 23.0 Å². The second kappa shape index (κ2) is 11.0. The Labute approximate surface area is 249 Å². The summed E-state index contributed by atoms with van der Waals surface area (Å²) in [5.74, 6) is -0.00498. The lowest BCUT2D eigenvalue weighted by atomic mass is 9.98. The molecule has 1 aliphatic carbocycles. The van der Waals surface area contributed by atoms with Crippen molar-refractivity contribution in [1.29, 1.82) is 0 Å². The number of hydrogen-bond donors (Lipinski definition) is 1. The number of anilines is 4. The van der Waals surface area contributed by atoms with Crippen LogP contribution in [0.1, 0.15) is 40.2 Å². The summed E-state index contributed by atoms with van der Waals surface area (Å²) in [5, 5.41) is 3.16. The highest BCUT2D eigenvalue weighted by Crippen LogP contribution is 2.36. The number of nitrogens with zero attached hydrogens (tertiary/aromatic N) is 5. The summed E-state index contributed by atoms with van der Waals surface area (Å²) < 4.78 is 24.3. The first-order valence-corrected chi connectivity index (χ1v) is 15.0. The second-order valence-corrected chi connectivity index (χ2v) is 11.6. The fourth-order valence-corrected chi connectivity index (χ4v) is 6.67. The van der Waals surface area contributed by atoms with Crippen LogP contribution in [0.4, 0.5) is 27.3 Å². The number of nitrogens with one attached hydrogen (secondary N) is 1. The highest BCUT2D eigenvalue weighted by Gasteiger charge is 2.31. The lowest BCUT2D eigenvalue weighted by Crippen LogP contribution is -2.41. The van der Waals surface area contributed by atoms with E-state index in [9.17, 15) is 9.59 Å². The molecule has 0 atom stereocenters. The number of benzene rings is 1. The Morgan fingerprint density at radius 1 is 0.977 bits per heavy atom. The van der Waals surface area contributed by atoms with Crippen molar-refractivity contribution in [1.82, 2.24) is 14.1 Å². The first-order valence-electron chi connectivity index (χ1n) is 15.0. The van der Waals surface area contributed by atoms with Crippen molar-refractivity contribution >= 4 is 28.8 Å². The number of rotatable bonds is 5. The van der Waals surface area contributed by atoms with Gasteiger partial charge >= 0.3 is 0 Å². The van der Waals surface area contributed by atoms with Crippen LogP contribution in [0.3, 0.4) is 0 Å². The van der Waals surface area contributed by atoms with Crippen LogP contribution in [0.2, 0.25) is 0 Å². The van der Waals surface area contributed by atoms with Crippen LogP contribution >= 0.6 is 0 Å². The Balaban J connectivity index is 1.20. The number of aromatic nitrogens is 3. The van der Waals surface area contributed by atoms with Crippen LogP contribution in [-0.4, -0.2) is 52.9 Å². The molecular weight excluding hydrogens is 547 g/mol. The molecule has 1 fully saturated rings. The molecule has 0 unspecified atom stereocenters. The third-order valence-electron chi connectivity index (χ3n) is 8.94. The van der Waals surface area contributed by atoms with Crippen molar-refractivity contribution in [2.75, 3.05) is 48.0 Å². The molecule has 1 aromatic carbocycles. The molecule has 3 aromatic heterocycles. The summed E-state index contributed by atoms with van der Waals surface area (Å²) in [6.07, 6.45) is 7.78. The fraction of sp³-hybridized carbons (Fsp3) is 0.364. The van der Waals surface area contributed by atoms with Gasteiger partial charge in [-0.15, -0.1) is 0 Å². The van der Waals surface area contributed by atoms with Gasteiger partial charge in [0.15, 0.2) is 0 Å². The quantitative estimate of drug-likeness (QED) is 0.364. The molecule has 0 radical (unpaired) electrons. The van der Waals surface area contributed by atoms with Crippen LogP contribution in [0.25, 0.3) is 11.1 Å². The largest absolute Gasteiger partial charge is 0.378 e. The number of carbonyl (C=O) groups is 1. The third kappa shape index (κ3) is 4.99. The number of fused-ring (bicyclic) bond motifs is 3. The molecule has 5 heterocycles. The molecule has 0 spiro atoms. The van der Waals surface area contributed by atoms with E-state index in [0.717, 1.165) is 50.0 Å². The van der Waals surface area contributed by atoms with E-state index in [1.165, 1.54) is 28.0 Å². The number of aryl methyl sites for hydroxylation is 2. The molecule has 3 aliphatic rings. The van der Waals surface area contributed by atoms with E-state index in [-0.39, 0.29) is 11.5 Å². The van der Waals surface area contributed by atoms with Crippen molar-refractivity contribution in [2.45, 2.75) is 39.2 Å². The Bertz CT molecular complexity index is 1770. The standard InChI is InChI=1S/C33H35FN6O3/c1-21-26(17-24(34)18-29(21)40-10-9-39-28-6-4-3-5-22(28)16-30(39)33(40)42)23-15-27(32(41)37(2)20-23)36-31-8-7-25(19-35-31)38-11-13-43-14-12-38/h7-8,15-20H,3-6,9-14H2,1-2H3,(H,35,36). The van der Waals surface area contributed by atoms with Gasteiger partial charge in [-0.1, -0.05) is 0 Å². The summed E-state index contributed by atoms with van der Waals surface area (Å²) in [7, 11) is 1.67. The zero-order chi connectivity index (χ0) is 29.7. The first kappa shape index (κ1) is 27.4. The predicted octanol–water partition coefficient (Wildman–Crippen LogP) is 4.82. The molecule has 43 heavy (non-hydrogen) atoms. The Morgan fingerprint density at radius 3 is 2.58 bits per heavy atom. The van der Waals surface area contributed by atoms with Gasteiger partial charge in [0.05, 0.1) is 30.8 Å². The summed E-state index contributed by atoms with van der Waals surface area (Å²) in [4.78, 5) is 35.3. The smallest absolute Gasteiger partial charge is 0.274 e. The van der Waals surface area contributed by atoms with E-state index in [2.05, 4.69) is 19.8 Å². The van der Waals surface area contributed by atoms with Crippen LogP contribution in [0.15, 0.2) is 53.6 Å². The molecular formula is C33H35FN6O3. The number of pyridine rings is 2. The highest BCUT2D eigenvalue weighted by molar-refractivity contribution is 6.07.